The molecule has 1 aliphatic heterocycles. The van der Waals surface area contributed by atoms with Gasteiger partial charge in [-0.15, -0.1) is 0 Å². The van der Waals surface area contributed by atoms with Gasteiger partial charge in [-0.1, -0.05) is 6.07 Å². The highest BCUT2D eigenvalue weighted by atomic mass is 32.2. The number of hydrogen-bond donors (Lipinski definition) is 1. The Kier molecular flexibility index (Phi) is 4.65. The van der Waals surface area contributed by atoms with Crippen LogP contribution in [0.5, 0.6) is 0 Å². The van der Waals surface area contributed by atoms with Crippen LogP contribution in [0.25, 0.3) is 0 Å². The number of nitrogens with zero attached hydrogens (tertiary/aromatic N) is 1. The summed E-state index contributed by atoms with van der Waals surface area (Å²) in [6.45, 7) is 2.87. The molecule has 21 heavy (non-hydrogen) atoms. The molecule has 1 fully saturated rings. The van der Waals surface area contributed by atoms with Crippen molar-refractivity contribution >= 4 is 15.9 Å². The van der Waals surface area contributed by atoms with E-state index in [2.05, 4.69) is 0 Å². The number of rotatable bonds is 3. The third-order valence-electron chi connectivity index (χ3n) is 3.80. The molecule has 0 aliphatic carbocycles. The van der Waals surface area contributed by atoms with Crippen LogP contribution in [0.2, 0.25) is 0 Å². The first-order chi connectivity index (χ1) is 9.82. The second kappa shape index (κ2) is 6.13. The Balaban J connectivity index is 2.21. The first-order valence-electron chi connectivity index (χ1n) is 6.78. The van der Waals surface area contributed by atoms with Crippen LogP contribution in [0.15, 0.2) is 23.1 Å². The molecule has 2 rings (SSSR count). The molecule has 1 heterocycles. The van der Waals surface area contributed by atoms with Crippen LogP contribution in [0.1, 0.15) is 28.8 Å². The summed E-state index contributed by atoms with van der Waals surface area (Å²) in [7, 11) is -2.16. The van der Waals surface area contributed by atoms with Gasteiger partial charge in [0, 0.05) is 25.8 Å². The molecule has 0 unspecified atom stereocenters. The van der Waals surface area contributed by atoms with Gasteiger partial charge in [0.1, 0.15) is 0 Å². The summed E-state index contributed by atoms with van der Waals surface area (Å²) >= 11 is 0. The number of primary sulfonamides is 1. The third kappa shape index (κ3) is 3.61. The van der Waals surface area contributed by atoms with E-state index in [9.17, 15) is 13.2 Å². The number of carbonyl (C=O) groups excluding carboxylic acids is 1. The van der Waals surface area contributed by atoms with Gasteiger partial charge in [-0.3, -0.25) is 4.79 Å². The van der Waals surface area contributed by atoms with Crippen molar-refractivity contribution in [2.24, 2.45) is 5.14 Å². The minimum atomic E-state index is -3.82. The van der Waals surface area contributed by atoms with Crippen LogP contribution in [0.3, 0.4) is 0 Å². The van der Waals surface area contributed by atoms with Crippen LogP contribution in [-0.4, -0.2) is 45.5 Å². The van der Waals surface area contributed by atoms with E-state index in [-0.39, 0.29) is 16.9 Å². The number of carbonyl (C=O) groups is 1. The molecule has 0 bridgehead atoms. The van der Waals surface area contributed by atoms with Crippen LogP contribution in [-0.2, 0) is 14.8 Å². The largest absolute Gasteiger partial charge is 0.381 e. The van der Waals surface area contributed by atoms with Gasteiger partial charge in [0.05, 0.1) is 11.0 Å². The van der Waals surface area contributed by atoms with Crippen molar-refractivity contribution in [1.82, 2.24) is 4.90 Å². The average Bonchev–Trinajstić information content (AvgIpc) is 2.46. The van der Waals surface area contributed by atoms with E-state index in [0.717, 1.165) is 12.8 Å². The topological polar surface area (TPSA) is 89.7 Å². The highest BCUT2D eigenvalue weighted by molar-refractivity contribution is 7.89. The molecule has 0 atom stereocenters. The Hall–Kier alpha value is -1.44. The molecule has 0 aromatic heterocycles. The van der Waals surface area contributed by atoms with Crippen molar-refractivity contribution in [2.75, 3.05) is 20.2 Å². The summed E-state index contributed by atoms with van der Waals surface area (Å²) in [4.78, 5) is 14.2. The Bertz CT molecular complexity index is 634. The van der Waals surface area contributed by atoms with Crippen LogP contribution < -0.4 is 5.14 Å². The Morgan fingerprint density at radius 3 is 2.48 bits per heavy atom. The lowest BCUT2D eigenvalue weighted by molar-refractivity contribution is 0.0350. The van der Waals surface area contributed by atoms with Gasteiger partial charge in [-0.05, 0) is 37.5 Å². The van der Waals surface area contributed by atoms with Crippen molar-refractivity contribution in [3.05, 3.63) is 29.3 Å². The number of amides is 1. The predicted molar refractivity (Wildman–Crippen MR) is 78.5 cm³/mol. The highest BCUT2D eigenvalue weighted by Crippen LogP contribution is 2.19. The molecule has 1 amide bonds. The van der Waals surface area contributed by atoms with E-state index < -0.39 is 10.0 Å². The molecule has 0 spiro atoms. The van der Waals surface area contributed by atoms with Crippen LogP contribution in [0.4, 0.5) is 0 Å². The third-order valence-corrected chi connectivity index (χ3v) is 4.86. The summed E-state index contributed by atoms with van der Waals surface area (Å²) in [6, 6.07) is 4.60. The monoisotopic (exact) mass is 312 g/mol. The first-order valence-corrected chi connectivity index (χ1v) is 8.33. The fraction of sp³-hybridized carbons (Fsp3) is 0.500. The second-order valence-electron chi connectivity index (χ2n) is 5.25. The summed E-state index contributed by atoms with van der Waals surface area (Å²) in [5.41, 5.74) is 0.882. The smallest absolute Gasteiger partial charge is 0.253 e. The number of hydrogen-bond acceptors (Lipinski definition) is 4. The van der Waals surface area contributed by atoms with E-state index in [0.29, 0.717) is 24.2 Å². The van der Waals surface area contributed by atoms with Crippen molar-refractivity contribution < 1.29 is 17.9 Å². The number of piperidine rings is 1. The molecule has 6 nitrogen and oxygen atoms in total. The van der Waals surface area contributed by atoms with Crippen LogP contribution in [0, 0.1) is 6.92 Å². The fourth-order valence-electron chi connectivity index (χ4n) is 2.52. The van der Waals surface area contributed by atoms with E-state index in [1.807, 2.05) is 0 Å². The molecule has 1 aromatic carbocycles. The molecular formula is C14H20N2O4S. The molecule has 1 saturated heterocycles. The SMILES string of the molecule is COC1CCN(C(=O)c2ccc(C)c(S(N)(=O)=O)c2)CC1. The predicted octanol–water partition coefficient (Wildman–Crippen LogP) is 0.893. The number of benzene rings is 1. The quantitative estimate of drug-likeness (QED) is 0.897. The summed E-state index contributed by atoms with van der Waals surface area (Å²) in [5, 5.41) is 5.17. The summed E-state index contributed by atoms with van der Waals surface area (Å²) in [5.74, 6) is -0.172. The molecule has 116 valence electrons. The summed E-state index contributed by atoms with van der Waals surface area (Å²) < 4.78 is 28.3. The van der Waals surface area contributed by atoms with Gasteiger partial charge in [-0.25, -0.2) is 13.6 Å². The van der Waals surface area contributed by atoms with Gasteiger partial charge >= 0.3 is 0 Å². The lowest BCUT2D eigenvalue weighted by atomic mass is 10.1. The minimum absolute atomic E-state index is 0.000118. The molecule has 2 N–H and O–H groups in total. The van der Waals surface area contributed by atoms with Gasteiger partial charge < -0.3 is 9.64 Å². The van der Waals surface area contributed by atoms with Gasteiger partial charge in [0.2, 0.25) is 10.0 Å². The molecular weight excluding hydrogens is 292 g/mol. The molecule has 1 aliphatic rings. The van der Waals surface area contributed by atoms with E-state index >= 15 is 0 Å². The van der Waals surface area contributed by atoms with Gasteiger partial charge in [0.25, 0.3) is 5.91 Å². The van der Waals surface area contributed by atoms with Crippen LogP contribution >= 0.6 is 0 Å². The second-order valence-corrected chi connectivity index (χ2v) is 6.78. The molecule has 0 radical (unpaired) electrons. The lowest BCUT2D eigenvalue weighted by Crippen LogP contribution is -2.40. The first kappa shape index (κ1) is 15.9. The van der Waals surface area contributed by atoms with Gasteiger partial charge in [-0.2, -0.15) is 0 Å². The molecule has 7 heteroatoms. The van der Waals surface area contributed by atoms with Crippen molar-refractivity contribution in [1.29, 1.82) is 0 Å². The standard InChI is InChI=1S/C14H20N2O4S/c1-10-3-4-11(9-13(10)21(15,18)19)14(17)16-7-5-12(20-2)6-8-16/h3-4,9,12H,5-8H2,1-2H3,(H2,15,18,19). The number of likely N-dealkylation sites (tertiary alicyclic amines) is 1. The number of sulfonamides is 1. The van der Waals surface area contributed by atoms with Crippen molar-refractivity contribution in [3.8, 4) is 0 Å². The zero-order valence-corrected chi connectivity index (χ0v) is 13.0. The Morgan fingerprint density at radius 2 is 1.95 bits per heavy atom. The van der Waals surface area contributed by atoms with Gasteiger partial charge in [0.15, 0.2) is 0 Å². The Morgan fingerprint density at radius 1 is 1.33 bits per heavy atom. The minimum Gasteiger partial charge on any atom is -0.381 e. The zero-order valence-electron chi connectivity index (χ0n) is 12.2. The summed E-state index contributed by atoms with van der Waals surface area (Å²) in [6.07, 6.45) is 1.76. The van der Waals surface area contributed by atoms with E-state index in [1.165, 1.54) is 6.07 Å². The maximum Gasteiger partial charge on any atom is 0.253 e. The average molecular weight is 312 g/mol. The lowest BCUT2D eigenvalue weighted by Gasteiger charge is -2.31. The van der Waals surface area contributed by atoms with Crippen molar-refractivity contribution in [2.45, 2.75) is 30.8 Å². The van der Waals surface area contributed by atoms with E-state index in [1.54, 1.807) is 31.1 Å². The number of methoxy groups -OCH3 is 1. The Labute approximate surface area is 124 Å². The fourth-order valence-corrected chi connectivity index (χ4v) is 3.32. The maximum atomic E-state index is 12.4. The van der Waals surface area contributed by atoms with E-state index in [4.69, 9.17) is 9.88 Å². The number of ether oxygens (including phenoxy) is 1. The number of nitrogens with two attached hydrogens (primary N) is 1. The molecule has 1 aromatic rings. The normalized spacial score (nSPS) is 17.0. The van der Waals surface area contributed by atoms with Crippen molar-refractivity contribution in [3.63, 3.8) is 0 Å². The number of aryl methyl sites for hydroxylation is 1. The highest BCUT2D eigenvalue weighted by Gasteiger charge is 2.24. The maximum absolute atomic E-state index is 12.4. The zero-order chi connectivity index (χ0) is 15.6. The molecule has 0 saturated carbocycles.